The summed E-state index contributed by atoms with van der Waals surface area (Å²) in [5, 5.41) is 10.0. The Morgan fingerprint density at radius 2 is 1.88 bits per heavy atom. The first-order valence-electron chi connectivity index (χ1n) is 5.26. The average Bonchev–Trinajstić information content (AvgIpc) is 2.77. The van der Waals surface area contributed by atoms with E-state index in [0.717, 1.165) is 22.3 Å². The minimum Gasteiger partial charge on any atom is -0.382 e. The Bertz CT molecular complexity index is 686. The van der Waals surface area contributed by atoms with Gasteiger partial charge in [-0.15, -0.1) is 10.2 Å². The van der Waals surface area contributed by atoms with Crippen molar-refractivity contribution in [2.45, 2.75) is 0 Å². The van der Waals surface area contributed by atoms with Gasteiger partial charge in [-0.25, -0.2) is 4.98 Å². The van der Waals surface area contributed by atoms with E-state index in [0.29, 0.717) is 5.82 Å². The molecule has 2 aromatic heterocycles. The molecular weight excluding hydrogens is 214 g/mol. The van der Waals surface area contributed by atoms with Crippen LogP contribution in [-0.2, 0) is 7.05 Å². The van der Waals surface area contributed by atoms with Crippen LogP contribution in [0.25, 0.3) is 22.3 Å². The topological polar surface area (TPSA) is 69.6 Å². The summed E-state index contributed by atoms with van der Waals surface area (Å²) in [6, 6.07) is 7.80. The highest BCUT2D eigenvalue weighted by Crippen LogP contribution is 2.26. The molecule has 2 heterocycles. The number of benzene rings is 1. The van der Waals surface area contributed by atoms with Crippen molar-refractivity contribution in [2.75, 3.05) is 5.73 Å². The van der Waals surface area contributed by atoms with Crippen molar-refractivity contribution in [2.24, 2.45) is 7.05 Å². The zero-order valence-electron chi connectivity index (χ0n) is 9.33. The maximum Gasteiger partial charge on any atom is 0.160 e. The summed E-state index contributed by atoms with van der Waals surface area (Å²) in [5.41, 5.74) is 6.57. The lowest BCUT2D eigenvalue weighted by molar-refractivity contribution is 0.909. The van der Waals surface area contributed by atoms with Gasteiger partial charge in [-0.2, -0.15) is 0 Å². The van der Waals surface area contributed by atoms with Crippen LogP contribution < -0.4 is 5.73 Å². The van der Waals surface area contributed by atoms with Crippen LogP contribution in [0.2, 0.25) is 0 Å². The molecule has 17 heavy (non-hydrogen) atoms. The van der Waals surface area contributed by atoms with Crippen LogP contribution in [0.1, 0.15) is 0 Å². The molecule has 0 radical (unpaired) electrons. The summed E-state index contributed by atoms with van der Waals surface area (Å²) < 4.78 is 1.91. The Balaban J connectivity index is 2.39. The van der Waals surface area contributed by atoms with Crippen molar-refractivity contribution >= 4 is 16.6 Å². The number of aryl methyl sites for hydroxylation is 1. The lowest BCUT2D eigenvalue weighted by Gasteiger charge is -2.06. The largest absolute Gasteiger partial charge is 0.382 e. The molecule has 3 aromatic rings. The van der Waals surface area contributed by atoms with Crippen LogP contribution in [0.3, 0.4) is 0 Å². The van der Waals surface area contributed by atoms with Gasteiger partial charge in [0.2, 0.25) is 0 Å². The Kier molecular flexibility index (Phi) is 2.04. The molecule has 84 valence electrons. The highest BCUT2D eigenvalue weighted by atomic mass is 15.2. The summed E-state index contributed by atoms with van der Waals surface area (Å²) in [6.07, 6.45) is 3.62. The molecule has 0 unspecified atom stereocenters. The molecule has 0 saturated carbocycles. The molecule has 5 nitrogen and oxygen atoms in total. The predicted molar refractivity (Wildman–Crippen MR) is 66.2 cm³/mol. The van der Waals surface area contributed by atoms with Gasteiger partial charge in [0, 0.05) is 30.2 Å². The second-order valence-electron chi connectivity index (χ2n) is 3.84. The zero-order valence-corrected chi connectivity index (χ0v) is 9.33. The van der Waals surface area contributed by atoms with Gasteiger partial charge >= 0.3 is 0 Å². The monoisotopic (exact) mass is 225 g/mol. The van der Waals surface area contributed by atoms with Gasteiger partial charge in [-0.05, 0) is 0 Å². The molecule has 0 aliphatic carbocycles. The van der Waals surface area contributed by atoms with Gasteiger partial charge in [-0.3, -0.25) is 0 Å². The molecule has 0 aliphatic rings. The molecule has 2 N–H and O–H groups in total. The van der Waals surface area contributed by atoms with E-state index in [1.54, 1.807) is 6.20 Å². The number of fused-ring (bicyclic) bond motifs is 1. The Morgan fingerprint density at radius 3 is 2.59 bits per heavy atom. The molecule has 5 heteroatoms. The molecular formula is C12H11N5. The van der Waals surface area contributed by atoms with Crippen molar-refractivity contribution in [3.63, 3.8) is 0 Å². The van der Waals surface area contributed by atoms with Crippen LogP contribution in [-0.4, -0.2) is 19.7 Å². The smallest absolute Gasteiger partial charge is 0.160 e. The lowest BCUT2D eigenvalue weighted by atomic mass is 10.1. The fourth-order valence-corrected chi connectivity index (χ4v) is 1.88. The van der Waals surface area contributed by atoms with E-state index in [1.807, 2.05) is 42.1 Å². The molecule has 0 fully saturated rings. The number of nitrogen functional groups attached to an aromatic ring is 1. The fraction of sp³-hybridized carbons (Fsp3) is 0.0833. The second-order valence-corrected chi connectivity index (χ2v) is 3.84. The lowest BCUT2D eigenvalue weighted by Crippen LogP contribution is -2.00. The Labute approximate surface area is 97.9 Å². The number of hydrogen-bond acceptors (Lipinski definition) is 4. The first kappa shape index (κ1) is 9.77. The number of anilines is 1. The van der Waals surface area contributed by atoms with E-state index in [2.05, 4.69) is 15.2 Å². The van der Waals surface area contributed by atoms with Crippen molar-refractivity contribution in [3.05, 3.63) is 36.7 Å². The van der Waals surface area contributed by atoms with Crippen LogP contribution in [0, 0.1) is 0 Å². The number of rotatable bonds is 1. The zero-order chi connectivity index (χ0) is 11.8. The third-order valence-corrected chi connectivity index (χ3v) is 2.75. The molecule has 0 saturated heterocycles. The molecule has 3 rings (SSSR count). The van der Waals surface area contributed by atoms with Gasteiger partial charge < -0.3 is 10.3 Å². The van der Waals surface area contributed by atoms with E-state index in [1.165, 1.54) is 0 Å². The van der Waals surface area contributed by atoms with Crippen molar-refractivity contribution < 1.29 is 0 Å². The number of imidazole rings is 1. The van der Waals surface area contributed by atoms with Gasteiger partial charge in [0.05, 0.1) is 0 Å². The number of nitrogens with zero attached hydrogens (tertiary/aromatic N) is 4. The van der Waals surface area contributed by atoms with Crippen LogP contribution in [0.4, 0.5) is 5.82 Å². The van der Waals surface area contributed by atoms with Crippen LogP contribution >= 0.6 is 0 Å². The number of aromatic nitrogens is 4. The molecule has 0 atom stereocenters. The van der Waals surface area contributed by atoms with E-state index >= 15 is 0 Å². The minimum atomic E-state index is 0.443. The first-order valence-corrected chi connectivity index (χ1v) is 5.26. The SMILES string of the molecule is Cn1ccnc1-c1nnc(N)c2ccccc12. The van der Waals surface area contributed by atoms with Crippen molar-refractivity contribution in [1.82, 2.24) is 19.7 Å². The van der Waals surface area contributed by atoms with E-state index < -0.39 is 0 Å². The maximum absolute atomic E-state index is 5.82. The maximum atomic E-state index is 5.82. The normalized spacial score (nSPS) is 10.9. The molecule has 0 aliphatic heterocycles. The number of hydrogen-bond donors (Lipinski definition) is 1. The predicted octanol–water partition coefficient (Wildman–Crippen LogP) is 1.61. The average molecular weight is 225 g/mol. The van der Waals surface area contributed by atoms with Crippen LogP contribution in [0.5, 0.6) is 0 Å². The number of nitrogens with two attached hydrogens (primary N) is 1. The Hall–Kier alpha value is -2.43. The van der Waals surface area contributed by atoms with Gasteiger partial charge in [0.1, 0.15) is 5.69 Å². The summed E-state index contributed by atoms with van der Waals surface area (Å²) in [7, 11) is 1.93. The third kappa shape index (κ3) is 1.44. The highest BCUT2D eigenvalue weighted by molar-refractivity contribution is 5.98. The van der Waals surface area contributed by atoms with E-state index in [9.17, 15) is 0 Å². The van der Waals surface area contributed by atoms with Gasteiger partial charge in [0.25, 0.3) is 0 Å². The van der Waals surface area contributed by atoms with E-state index in [4.69, 9.17) is 5.73 Å². The molecule has 0 spiro atoms. The fourth-order valence-electron chi connectivity index (χ4n) is 1.88. The van der Waals surface area contributed by atoms with Crippen molar-refractivity contribution in [3.8, 4) is 11.5 Å². The van der Waals surface area contributed by atoms with Crippen LogP contribution in [0.15, 0.2) is 36.7 Å². The van der Waals surface area contributed by atoms with E-state index in [-0.39, 0.29) is 0 Å². The minimum absolute atomic E-state index is 0.443. The highest BCUT2D eigenvalue weighted by Gasteiger charge is 2.11. The summed E-state index contributed by atoms with van der Waals surface area (Å²) >= 11 is 0. The van der Waals surface area contributed by atoms with Gasteiger partial charge in [0.15, 0.2) is 11.6 Å². The summed E-state index contributed by atoms with van der Waals surface area (Å²) in [5.74, 6) is 1.23. The molecule has 0 bridgehead atoms. The summed E-state index contributed by atoms with van der Waals surface area (Å²) in [4.78, 5) is 4.29. The summed E-state index contributed by atoms with van der Waals surface area (Å²) in [6.45, 7) is 0. The first-order chi connectivity index (χ1) is 8.27. The Morgan fingerprint density at radius 1 is 1.12 bits per heavy atom. The molecule has 0 amide bonds. The quantitative estimate of drug-likeness (QED) is 0.683. The molecule has 1 aromatic carbocycles. The van der Waals surface area contributed by atoms with Gasteiger partial charge in [-0.1, -0.05) is 24.3 Å². The third-order valence-electron chi connectivity index (χ3n) is 2.75. The van der Waals surface area contributed by atoms with Crippen molar-refractivity contribution in [1.29, 1.82) is 0 Å². The standard InChI is InChI=1S/C12H11N5/c1-17-7-6-14-12(17)10-8-4-2-3-5-9(8)11(13)16-15-10/h2-7H,1H3,(H2,13,16). The second kappa shape index (κ2) is 3.55.